The van der Waals surface area contributed by atoms with E-state index in [0.29, 0.717) is 29.5 Å². The fourth-order valence-corrected chi connectivity index (χ4v) is 5.69. The largest absolute Gasteiger partial charge is 0.493 e. The van der Waals surface area contributed by atoms with Crippen LogP contribution in [-0.2, 0) is 20.6 Å². The van der Waals surface area contributed by atoms with E-state index in [1.54, 1.807) is 42.1 Å². The number of hydrogen-bond acceptors (Lipinski definition) is 6. The summed E-state index contributed by atoms with van der Waals surface area (Å²) in [6.07, 6.45) is 0. The van der Waals surface area contributed by atoms with Gasteiger partial charge in [-0.15, -0.1) is 0 Å². The van der Waals surface area contributed by atoms with Gasteiger partial charge in [0.05, 0.1) is 24.8 Å². The van der Waals surface area contributed by atoms with E-state index >= 15 is 0 Å². The van der Waals surface area contributed by atoms with E-state index in [4.69, 9.17) is 9.47 Å². The standard InChI is InChI=1S/C27H32N2O5S2/c1-20-5-9-22(10-6-20)19-35-16-15-28-27(30)18-29(23-11-14-25(33-3)26(17-23)34-4)36(31,32)24-12-7-21(2)8-13-24/h5-14,17H,15-16,18-19H2,1-4H3,(H,28,30). The van der Waals surface area contributed by atoms with Crippen molar-refractivity contribution in [3.8, 4) is 11.5 Å². The number of thioether (sulfide) groups is 1. The molecule has 0 saturated heterocycles. The number of ether oxygens (including phenoxy) is 2. The Kier molecular flexibility index (Phi) is 9.66. The van der Waals surface area contributed by atoms with Crippen LogP contribution in [0.1, 0.15) is 16.7 Å². The van der Waals surface area contributed by atoms with Gasteiger partial charge in [0.25, 0.3) is 10.0 Å². The van der Waals surface area contributed by atoms with Crippen molar-refractivity contribution in [2.45, 2.75) is 24.5 Å². The number of nitrogens with zero attached hydrogens (tertiary/aromatic N) is 1. The molecule has 3 aromatic rings. The summed E-state index contributed by atoms with van der Waals surface area (Å²) in [6.45, 7) is 4.00. The van der Waals surface area contributed by atoms with Gasteiger partial charge in [0.1, 0.15) is 6.54 Å². The van der Waals surface area contributed by atoms with Crippen molar-refractivity contribution in [2.24, 2.45) is 0 Å². The molecule has 7 nitrogen and oxygen atoms in total. The second kappa shape index (κ2) is 12.7. The zero-order valence-electron chi connectivity index (χ0n) is 21.0. The second-order valence-corrected chi connectivity index (χ2v) is 11.2. The number of benzene rings is 3. The van der Waals surface area contributed by atoms with E-state index in [9.17, 15) is 13.2 Å². The summed E-state index contributed by atoms with van der Waals surface area (Å²) in [6, 6.07) is 19.6. The quantitative estimate of drug-likeness (QED) is 0.347. The lowest BCUT2D eigenvalue weighted by molar-refractivity contribution is -0.119. The number of anilines is 1. The number of aryl methyl sites for hydroxylation is 2. The topological polar surface area (TPSA) is 84.9 Å². The van der Waals surface area contributed by atoms with Crippen LogP contribution in [0.4, 0.5) is 5.69 Å². The Morgan fingerprint density at radius 1 is 0.889 bits per heavy atom. The Bertz CT molecular complexity index is 1260. The molecule has 9 heteroatoms. The Morgan fingerprint density at radius 3 is 2.11 bits per heavy atom. The molecule has 1 amide bonds. The van der Waals surface area contributed by atoms with Gasteiger partial charge in [-0.2, -0.15) is 11.8 Å². The zero-order valence-corrected chi connectivity index (χ0v) is 22.6. The number of hydrogen-bond donors (Lipinski definition) is 1. The molecule has 0 aliphatic rings. The maximum Gasteiger partial charge on any atom is 0.264 e. The molecule has 36 heavy (non-hydrogen) atoms. The predicted molar refractivity (Wildman–Crippen MR) is 146 cm³/mol. The lowest BCUT2D eigenvalue weighted by Crippen LogP contribution is -2.41. The van der Waals surface area contributed by atoms with Gasteiger partial charge in [-0.25, -0.2) is 8.42 Å². The average Bonchev–Trinajstić information content (AvgIpc) is 2.88. The van der Waals surface area contributed by atoms with Gasteiger partial charge < -0.3 is 14.8 Å². The van der Waals surface area contributed by atoms with E-state index in [1.165, 1.54) is 37.5 Å². The van der Waals surface area contributed by atoms with Crippen LogP contribution in [0.15, 0.2) is 71.6 Å². The molecule has 0 heterocycles. The molecule has 0 bridgehead atoms. The number of nitrogens with one attached hydrogen (secondary N) is 1. The highest BCUT2D eigenvalue weighted by molar-refractivity contribution is 7.98. The van der Waals surface area contributed by atoms with Gasteiger partial charge in [0.2, 0.25) is 5.91 Å². The highest BCUT2D eigenvalue weighted by atomic mass is 32.2. The molecule has 192 valence electrons. The summed E-state index contributed by atoms with van der Waals surface area (Å²) >= 11 is 1.71. The van der Waals surface area contributed by atoms with Crippen LogP contribution in [0.25, 0.3) is 0 Å². The smallest absolute Gasteiger partial charge is 0.264 e. The summed E-state index contributed by atoms with van der Waals surface area (Å²) in [4.78, 5) is 12.9. The molecule has 0 aliphatic carbocycles. The molecular formula is C27H32N2O5S2. The number of carbonyl (C=O) groups is 1. The molecule has 0 saturated carbocycles. The van der Waals surface area contributed by atoms with E-state index in [2.05, 4.69) is 36.5 Å². The van der Waals surface area contributed by atoms with Crippen LogP contribution in [0.3, 0.4) is 0 Å². The first-order valence-electron chi connectivity index (χ1n) is 11.5. The fraction of sp³-hybridized carbons (Fsp3) is 0.296. The van der Waals surface area contributed by atoms with Crippen molar-refractivity contribution in [3.63, 3.8) is 0 Å². The second-order valence-electron chi connectivity index (χ2n) is 8.25. The molecule has 0 spiro atoms. The minimum Gasteiger partial charge on any atom is -0.493 e. The Morgan fingerprint density at radius 2 is 1.50 bits per heavy atom. The number of carbonyl (C=O) groups excluding carboxylic acids is 1. The first kappa shape index (κ1) is 27.4. The third-order valence-electron chi connectivity index (χ3n) is 5.51. The maximum atomic E-state index is 13.6. The molecule has 0 aromatic heterocycles. The van der Waals surface area contributed by atoms with Crippen molar-refractivity contribution in [3.05, 3.63) is 83.4 Å². The lowest BCUT2D eigenvalue weighted by atomic mass is 10.2. The summed E-state index contributed by atoms with van der Waals surface area (Å²) < 4.78 is 38.8. The molecule has 1 N–H and O–H groups in total. The number of amides is 1. The molecule has 3 rings (SSSR count). The molecule has 0 atom stereocenters. The fourth-order valence-electron chi connectivity index (χ4n) is 3.46. The average molecular weight is 529 g/mol. The molecule has 3 aromatic carbocycles. The zero-order chi connectivity index (χ0) is 26.1. The van der Waals surface area contributed by atoms with Crippen LogP contribution in [0, 0.1) is 13.8 Å². The van der Waals surface area contributed by atoms with Crippen molar-refractivity contribution in [2.75, 3.05) is 37.4 Å². The number of rotatable bonds is 12. The molecular weight excluding hydrogens is 496 g/mol. The third-order valence-corrected chi connectivity index (χ3v) is 8.33. The van der Waals surface area contributed by atoms with Gasteiger partial charge in [0, 0.05) is 24.1 Å². The van der Waals surface area contributed by atoms with E-state index < -0.39 is 15.9 Å². The van der Waals surface area contributed by atoms with Crippen LogP contribution < -0.4 is 19.1 Å². The minimum absolute atomic E-state index is 0.101. The van der Waals surface area contributed by atoms with E-state index in [-0.39, 0.29) is 11.4 Å². The SMILES string of the molecule is COc1ccc(N(CC(=O)NCCSCc2ccc(C)cc2)S(=O)(=O)c2ccc(C)cc2)cc1OC. The third kappa shape index (κ3) is 7.18. The Hall–Kier alpha value is -3.17. The van der Waals surface area contributed by atoms with Crippen LogP contribution >= 0.6 is 11.8 Å². The highest BCUT2D eigenvalue weighted by Crippen LogP contribution is 2.33. The predicted octanol–water partition coefficient (Wildman–Crippen LogP) is 4.57. The van der Waals surface area contributed by atoms with Crippen molar-refractivity contribution in [1.82, 2.24) is 5.32 Å². The van der Waals surface area contributed by atoms with E-state index in [0.717, 1.165) is 15.6 Å². The van der Waals surface area contributed by atoms with Crippen molar-refractivity contribution >= 4 is 33.4 Å². The summed E-state index contributed by atoms with van der Waals surface area (Å²) in [7, 11) is -1.04. The molecule has 0 aliphatic heterocycles. The summed E-state index contributed by atoms with van der Waals surface area (Å²) in [5, 5.41) is 2.84. The lowest BCUT2D eigenvalue weighted by Gasteiger charge is -2.25. The Balaban J connectivity index is 1.72. The normalized spacial score (nSPS) is 11.1. The highest BCUT2D eigenvalue weighted by Gasteiger charge is 2.28. The van der Waals surface area contributed by atoms with Gasteiger partial charge in [-0.05, 0) is 43.7 Å². The molecule has 0 unspecified atom stereocenters. The van der Waals surface area contributed by atoms with Gasteiger partial charge in [-0.3, -0.25) is 9.10 Å². The van der Waals surface area contributed by atoms with Crippen molar-refractivity contribution < 1.29 is 22.7 Å². The maximum absolute atomic E-state index is 13.6. The number of methoxy groups -OCH3 is 2. The van der Waals surface area contributed by atoms with Crippen LogP contribution in [0.5, 0.6) is 11.5 Å². The minimum atomic E-state index is -4.01. The van der Waals surface area contributed by atoms with Gasteiger partial charge in [0.15, 0.2) is 11.5 Å². The molecule has 0 radical (unpaired) electrons. The van der Waals surface area contributed by atoms with Gasteiger partial charge >= 0.3 is 0 Å². The number of sulfonamides is 1. The molecule has 0 fully saturated rings. The Labute approximate surface area is 217 Å². The van der Waals surface area contributed by atoms with Crippen LogP contribution in [0.2, 0.25) is 0 Å². The first-order valence-corrected chi connectivity index (χ1v) is 14.1. The van der Waals surface area contributed by atoms with E-state index in [1.807, 2.05) is 6.92 Å². The monoisotopic (exact) mass is 528 g/mol. The first-order chi connectivity index (χ1) is 17.2. The van der Waals surface area contributed by atoms with Crippen molar-refractivity contribution in [1.29, 1.82) is 0 Å². The van der Waals surface area contributed by atoms with Gasteiger partial charge in [-0.1, -0.05) is 47.5 Å². The summed E-state index contributed by atoms with van der Waals surface area (Å²) in [5.41, 5.74) is 3.68. The van der Waals surface area contributed by atoms with Crippen LogP contribution in [-0.4, -0.2) is 47.4 Å². The summed E-state index contributed by atoms with van der Waals surface area (Å²) in [5.74, 6) is 1.99.